The zero-order valence-corrected chi connectivity index (χ0v) is 33.0. The molecule has 280 valence electrons. The molecule has 0 N–H and O–H groups in total. The number of nitrogens with zero attached hydrogens (tertiary/aromatic N) is 2. The highest BCUT2D eigenvalue weighted by atomic mass is 15.1. The standard InChI is InChI=1S/C57H42N2/c1-37-43-23-8-9-26-48(43)57-50-29-16-32-53(55(50)49-28-15-27-44(37)56(49)57)58(41-22-14-21-40(35-41)38-17-4-2-5-18-38)42-33-34-47-46-25-11-13-31-52(46)59(54(47)36-42)51-30-12-10-24-45(51)39-19-6-3-7-20-39/h2-26,28-37,43-44H,27H2,1H3. The Labute approximate surface area is 345 Å². The Hall–Kier alpha value is -7.16. The molecule has 7 aromatic carbocycles. The molecule has 0 radical (unpaired) electrons. The lowest BCUT2D eigenvalue weighted by Gasteiger charge is -2.40. The molecule has 8 aromatic rings. The molecule has 0 amide bonds. The van der Waals surface area contributed by atoms with Gasteiger partial charge in [-0.3, -0.25) is 0 Å². The van der Waals surface area contributed by atoms with E-state index in [9.17, 15) is 0 Å². The van der Waals surface area contributed by atoms with E-state index < -0.39 is 0 Å². The van der Waals surface area contributed by atoms with Crippen molar-refractivity contribution in [3.63, 3.8) is 0 Å². The number of allylic oxidation sites excluding steroid dienone is 10. The highest BCUT2D eigenvalue weighted by molar-refractivity contribution is 6.13. The van der Waals surface area contributed by atoms with Gasteiger partial charge in [0.05, 0.1) is 22.4 Å². The van der Waals surface area contributed by atoms with Crippen molar-refractivity contribution in [1.82, 2.24) is 4.57 Å². The second-order valence-electron chi connectivity index (χ2n) is 16.4. The quantitative estimate of drug-likeness (QED) is 0.164. The van der Waals surface area contributed by atoms with Gasteiger partial charge < -0.3 is 9.47 Å². The van der Waals surface area contributed by atoms with Crippen LogP contribution in [-0.4, -0.2) is 4.57 Å². The fourth-order valence-electron chi connectivity index (χ4n) is 10.7. The number of aromatic nitrogens is 1. The van der Waals surface area contributed by atoms with Crippen molar-refractivity contribution >= 4 is 50.0 Å². The maximum absolute atomic E-state index is 2.53. The molecule has 0 aliphatic heterocycles. The molecule has 4 aliphatic carbocycles. The number of benzene rings is 7. The molecule has 0 saturated carbocycles. The van der Waals surface area contributed by atoms with Crippen molar-refractivity contribution in [3.05, 3.63) is 229 Å². The van der Waals surface area contributed by atoms with Crippen LogP contribution in [0.3, 0.4) is 0 Å². The van der Waals surface area contributed by atoms with Crippen molar-refractivity contribution < 1.29 is 0 Å². The van der Waals surface area contributed by atoms with Gasteiger partial charge in [-0.05, 0) is 105 Å². The fraction of sp³-hybridized carbons (Fsp3) is 0.0877. The average Bonchev–Trinajstić information content (AvgIpc) is 3.82. The summed E-state index contributed by atoms with van der Waals surface area (Å²) in [5, 5.41) is 2.48. The van der Waals surface area contributed by atoms with Crippen molar-refractivity contribution in [2.24, 2.45) is 17.8 Å². The molecule has 12 rings (SSSR count). The van der Waals surface area contributed by atoms with Gasteiger partial charge in [-0.1, -0.05) is 171 Å². The Balaban J connectivity index is 1.14. The van der Waals surface area contributed by atoms with Crippen LogP contribution in [-0.2, 0) is 0 Å². The monoisotopic (exact) mass is 754 g/mol. The van der Waals surface area contributed by atoms with Crippen molar-refractivity contribution in [2.45, 2.75) is 13.3 Å². The predicted molar refractivity (Wildman–Crippen MR) is 248 cm³/mol. The second-order valence-corrected chi connectivity index (χ2v) is 16.4. The van der Waals surface area contributed by atoms with E-state index in [4.69, 9.17) is 0 Å². The molecule has 1 heterocycles. The number of hydrogen-bond donors (Lipinski definition) is 0. The number of hydrogen-bond acceptors (Lipinski definition) is 1. The van der Waals surface area contributed by atoms with E-state index in [1.807, 2.05) is 0 Å². The fourth-order valence-corrected chi connectivity index (χ4v) is 10.7. The molecule has 0 spiro atoms. The molecular formula is C57H42N2. The van der Waals surface area contributed by atoms with E-state index in [0.29, 0.717) is 17.8 Å². The van der Waals surface area contributed by atoms with Crippen LogP contribution >= 0.6 is 0 Å². The summed E-state index contributed by atoms with van der Waals surface area (Å²) in [4.78, 5) is 2.53. The van der Waals surface area contributed by atoms with E-state index in [2.05, 4.69) is 223 Å². The van der Waals surface area contributed by atoms with E-state index in [1.54, 1.807) is 5.57 Å². The van der Waals surface area contributed by atoms with Crippen LogP contribution < -0.4 is 4.90 Å². The lowest BCUT2D eigenvalue weighted by molar-refractivity contribution is 0.349. The predicted octanol–water partition coefficient (Wildman–Crippen LogP) is 15.1. The van der Waals surface area contributed by atoms with Gasteiger partial charge in [-0.25, -0.2) is 0 Å². The van der Waals surface area contributed by atoms with Crippen LogP contribution in [0, 0.1) is 17.8 Å². The zero-order chi connectivity index (χ0) is 39.0. The first-order valence-corrected chi connectivity index (χ1v) is 21.0. The van der Waals surface area contributed by atoms with Crippen molar-refractivity contribution in [3.8, 4) is 27.9 Å². The van der Waals surface area contributed by atoms with Crippen LogP contribution in [0.4, 0.5) is 17.1 Å². The van der Waals surface area contributed by atoms with E-state index in [0.717, 1.165) is 17.8 Å². The smallest absolute Gasteiger partial charge is 0.0562 e. The van der Waals surface area contributed by atoms with Gasteiger partial charge in [-0.2, -0.15) is 0 Å². The Morgan fingerprint density at radius 1 is 0.559 bits per heavy atom. The summed E-state index contributed by atoms with van der Waals surface area (Å²) in [5.74, 6) is 1.44. The number of para-hydroxylation sites is 2. The Morgan fingerprint density at radius 2 is 1.27 bits per heavy atom. The van der Waals surface area contributed by atoms with Gasteiger partial charge in [-0.15, -0.1) is 0 Å². The third-order valence-electron chi connectivity index (χ3n) is 13.3. The minimum Gasteiger partial charge on any atom is -0.310 e. The molecule has 0 fully saturated rings. The SMILES string of the molecule is CC1C2C=CC=CC2=C2C3=C(C=CCC31)c1c2cccc1N(c1cccc(-c2ccccc2)c1)c1ccc2c3ccccc3n(-c3ccccc3-c3ccccc3)c2c1. The van der Waals surface area contributed by atoms with Crippen LogP contribution in [0.25, 0.3) is 60.9 Å². The number of fused-ring (bicyclic) bond motifs is 7. The molecule has 0 bridgehead atoms. The van der Waals surface area contributed by atoms with Crippen LogP contribution in [0.5, 0.6) is 0 Å². The first kappa shape index (κ1) is 33.9. The first-order valence-electron chi connectivity index (χ1n) is 21.0. The second kappa shape index (κ2) is 13.5. The van der Waals surface area contributed by atoms with Crippen LogP contribution in [0.2, 0.25) is 0 Å². The molecule has 2 nitrogen and oxygen atoms in total. The molecule has 1 aromatic heterocycles. The van der Waals surface area contributed by atoms with Gasteiger partial charge >= 0.3 is 0 Å². The Morgan fingerprint density at radius 3 is 2.15 bits per heavy atom. The first-order chi connectivity index (χ1) is 29.2. The molecule has 59 heavy (non-hydrogen) atoms. The Bertz CT molecular complexity index is 3150. The zero-order valence-electron chi connectivity index (χ0n) is 33.0. The summed E-state index contributed by atoms with van der Waals surface area (Å²) in [7, 11) is 0. The maximum atomic E-state index is 2.53. The van der Waals surface area contributed by atoms with E-state index >= 15 is 0 Å². The third kappa shape index (κ3) is 5.19. The van der Waals surface area contributed by atoms with Crippen molar-refractivity contribution in [1.29, 1.82) is 0 Å². The molecule has 4 aliphatic rings. The summed E-state index contributed by atoms with van der Waals surface area (Å²) in [6.45, 7) is 2.47. The summed E-state index contributed by atoms with van der Waals surface area (Å²) in [6, 6.07) is 62.5. The normalized spacial score (nSPS) is 18.7. The molecule has 3 atom stereocenters. The average molecular weight is 755 g/mol. The van der Waals surface area contributed by atoms with E-state index in [-0.39, 0.29) is 0 Å². The van der Waals surface area contributed by atoms with Gasteiger partial charge in [0, 0.05) is 39.2 Å². The highest BCUT2D eigenvalue weighted by Crippen LogP contribution is 2.60. The molecule has 3 unspecified atom stereocenters. The summed E-state index contributed by atoms with van der Waals surface area (Å²) in [5.41, 5.74) is 20.4. The minimum absolute atomic E-state index is 0.424. The highest BCUT2D eigenvalue weighted by Gasteiger charge is 2.44. The van der Waals surface area contributed by atoms with Crippen LogP contribution in [0.1, 0.15) is 24.5 Å². The minimum atomic E-state index is 0.424. The largest absolute Gasteiger partial charge is 0.310 e. The number of rotatable bonds is 6. The summed E-state index contributed by atoms with van der Waals surface area (Å²) < 4.78 is 2.48. The topological polar surface area (TPSA) is 8.17 Å². The summed E-state index contributed by atoms with van der Waals surface area (Å²) in [6.07, 6.45) is 15.3. The molecular weight excluding hydrogens is 713 g/mol. The van der Waals surface area contributed by atoms with E-state index in [1.165, 1.54) is 83.3 Å². The molecule has 2 heteroatoms. The van der Waals surface area contributed by atoms with Gasteiger partial charge in [0.15, 0.2) is 0 Å². The van der Waals surface area contributed by atoms with Gasteiger partial charge in [0.2, 0.25) is 0 Å². The number of anilines is 3. The van der Waals surface area contributed by atoms with Crippen LogP contribution in [0.15, 0.2) is 217 Å². The van der Waals surface area contributed by atoms with Gasteiger partial charge in [0.25, 0.3) is 0 Å². The summed E-state index contributed by atoms with van der Waals surface area (Å²) >= 11 is 0. The lowest BCUT2D eigenvalue weighted by Crippen LogP contribution is -2.29. The Kier molecular flexibility index (Phi) is 7.74. The van der Waals surface area contributed by atoms with Gasteiger partial charge in [0.1, 0.15) is 0 Å². The third-order valence-corrected chi connectivity index (χ3v) is 13.3. The maximum Gasteiger partial charge on any atom is 0.0562 e. The lowest BCUT2D eigenvalue weighted by atomic mass is 9.64. The molecule has 0 saturated heterocycles. The van der Waals surface area contributed by atoms with Crippen molar-refractivity contribution in [2.75, 3.05) is 4.90 Å².